The molecule has 0 heterocycles. The topological polar surface area (TPSA) is 18.5 Å². The summed E-state index contributed by atoms with van der Waals surface area (Å²) < 4.78 is 17.5. The minimum atomic E-state index is -0.314. The molecule has 0 saturated carbocycles. The van der Waals surface area contributed by atoms with Gasteiger partial charge in [0.15, 0.2) is 5.75 Å². The Balaban J connectivity index is 2.90. The number of thiol groups is 1. The molecule has 0 aliphatic heterocycles. The SMILES string of the molecule is CC(C)(C)Oc1ccc(S)c(OF)c1. The number of rotatable bonds is 2. The molecule has 0 atom stereocenters. The molecule has 4 heteroatoms. The molecule has 0 aliphatic carbocycles. The van der Waals surface area contributed by atoms with Crippen LogP contribution in [0.1, 0.15) is 20.8 Å². The van der Waals surface area contributed by atoms with Crippen LogP contribution in [0.25, 0.3) is 0 Å². The maximum absolute atomic E-state index is 12.0. The van der Waals surface area contributed by atoms with Gasteiger partial charge in [-0.1, -0.05) is 0 Å². The van der Waals surface area contributed by atoms with Gasteiger partial charge in [0, 0.05) is 10.6 Å². The second-order valence-electron chi connectivity index (χ2n) is 3.92. The standard InChI is InChI=1S/C10H13FO2S/c1-10(2,3)12-7-4-5-9(14)8(6-7)13-11/h4-6,14H,1-3H3. The van der Waals surface area contributed by atoms with Gasteiger partial charge in [-0.2, -0.15) is 0 Å². The first-order chi connectivity index (χ1) is 6.42. The Hall–Kier alpha value is -0.900. The van der Waals surface area contributed by atoms with Crippen LogP contribution < -0.4 is 9.68 Å². The van der Waals surface area contributed by atoms with Gasteiger partial charge in [0.25, 0.3) is 0 Å². The minimum Gasteiger partial charge on any atom is -0.488 e. The molecule has 1 aromatic rings. The molecule has 0 aromatic heterocycles. The molecule has 0 spiro atoms. The molecule has 0 N–H and O–H groups in total. The van der Waals surface area contributed by atoms with Crippen LogP contribution in [0.4, 0.5) is 4.53 Å². The van der Waals surface area contributed by atoms with Gasteiger partial charge in [-0.05, 0) is 32.9 Å². The Morgan fingerprint density at radius 3 is 2.43 bits per heavy atom. The molecular formula is C10H13FO2S. The molecule has 0 amide bonds. The normalized spacial score (nSPS) is 11.2. The number of hydrogen-bond acceptors (Lipinski definition) is 3. The molecule has 78 valence electrons. The van der Waals surface area contributed by atoms with Crippen LogP contribution in [0.3, 0.4) is 0 Å². The summed E-state index contributed by atoms with van der Waals surface area (Å²) in [5, 5.41) is 0. The monoisotopic (exact) mass is 216 g/mol. The fraction of sp³-hybridized carbons (Fsp3) is 0.400. The average molecular weight is 216 g/mol. The number of halogens is 1. The second kappa shape index (κ2) is 4.09. The van der Waals surface area contributed by atoms with E-state index in [0.29, 0.717) is 10.6 Å². The first-order valence-electron chi connectivity index (χ1n) is 4.23. The maximum atomic E-state index is 12.0. The molecule has 0 radical (unpaired) electrons. The van der Waals surface area contributed by atoms with Crippen molar-refractivity contribution in [2.75, 3.05) is 0 Å². The highest BCUT2D eigenvalue weighted by molar-refractivity contribution is 7.80. The molecule has 1 aromatic carbocycles. The van der Waals surface area contributed by atoms with Crippen LogP contribution in [-0.2, 0) is 0 Å². The zero-order valence-corrected chi connectivity index (χ0v) is 9.27. The number of benzene rings is 1. The third-order valence-electron chi connectivity index (χ3n) is 1.44. The molecule has 0 unspecified atom stereocenters. The third-order valence-corrected chi connectivity index (χ3v) is 1.81. The van der Waals surface area contributed by atoms with Gasteiger partial charge in [-0.3, -0.25) is 4.94 Å². The molecule has 0 aliphatic rings. The van der Waals surface area contributed by atoms with Crippen LogP contribution >= 0.6 is 12.6 Å². The van der Waals surface area contributed by atoms with E-state index in [1.54, 1.807) is 12.1 Å². The van der Waals surface area contributed by atoms with Gasteiger partial charge >= 0.3 is 0 Å². The zero-order valence-electron chi connectivity index (χ0n) is 8.37. The van der Waals surface area contributed by atoms with Crippen LogP contribution in [0.5, 0.6) is 11.5 Å². The lowest BCUT2D eigenvalue weighted by atomic mass is 10.2. The Bertz CT molecular complexity index is 320. The van der Waals surface area contributed by atoms with E-state index in [-0.39, 0.29) is 11.4 Å². The lowest BCUT2D eigenvalue weighted by molar-refractivity contribution is -0.0101. The van der Waals surface area contributed by atoms with Crippen molar-refractivity contribution in [3.63, 3.8) is 0 Å². The van der Waals surface area contributed by atoms with E-state index in [1.807, 2.05) is 20.8 Å². The summed E-state index contributed by atoms with van der Waals surface area (Å²) >= 11 is 4.02. The van der Waals surface area contributed by atoms with Crippen molar-refractivity contribution in [2.24, 2.45) is 0 Å². The minimum absolute atomic E-state index is 0.0649. The smallest absolute Gasteiger partial charge is 0.188 e. The number of ether oxygens (including phenoxy) is 1. The fourth-order valence-corrected chi connectivity index (χ4v) is 1.15. The Kier molecular flexibility index (Phi) is 3.26. The van der Waals surface area contributed by atoms with Crippen molar-refractivity contribution in [3.05, 3.63) is 18.2 Å². The van der Waals surface area contributed by atoms with Crippen molar-refractivity contribution in [2.45, 2.75) is 31.3 Å². The van der Waals surface area contributed by atoms with Crippen molar-refractivity contribution in [1.29, 1.82) is 0 Å². The Morgan fingerprint density at radius 2 is 1.93 bits per heavy atom. The first kappa shape index (κ1) is 11.2. The quantitative estimate of drug-likeness (QED) is 0.764. The average Bonchev–Trinajstić information content (AvgIpc) is 2.06. The maximum Gasteiger partial charge on any atom is 0.188 e. The van der Waals surface area contributed by atoms with Gasteiger partial charge in [0.05, 0.1) is 4.90 Å². The highest BCUT2D eigenvalue weighted by atomic mass is 32.1. The van der Waals surface area contributed by atoms with Crippen molar-refractivity contribution in [3.8, 4) is 11.5 Å². The van der Waals surface area contributed by atoms with E-state index in [9.17, 15) is 4.53 Å². The van der Waals surface area contributed by atoms with Crippen LogP contribution in [-0.4, -0.2) is 5.60 Å². The zero-order chi connectivity index (χ0) is 10.8. The van der Waals surface area contributed by atoms with Crippen molar-refractivity contribution in [1.82, 2.24) is 0 Å². The van der Waals surface area contributed by atoms with E-state index in [0.717, 1.165) is 0 Å². The van der Waals surface area contributed by atoms with Crippen LogP contribution in [0.2, 0.25) is 0 Å². The third kappa shape index (κ3) is 3.10. The second-order valence-corrected chi connectivity index (χ2v) is 4.40. The van der Waals surface area contributed by atoms with Gasteiger partial charge in [0.2, 0.25) is 0 Å². The summed E-state index contributed by atoms with van der Waals surface area (Å²) in [6.45, 7) is 5.74. The Labute approximate surface area is 88.3 Å². The van der Waals surface area contributed by atoms with Crippen LogP contribution in [0, 0.1) is 0 Å². The Morgan fingerprint density at radius 1 is 1.29 bits per heavy atom. The molecule has 14 heavy (non-hydrogen) atoms. The predicted molar refractivity (Wildman–Crippen MR) is 55.8 cm³/mol. The van der Waals surface area contributed by atoms with Gasteiger partial charge < -0.3 is 4.74 Å². The molecule has 1 rings (SSSR count). The molecule has 0 bridgehead atoms. The lowest BCUT2D eigenvalue weighted by Crippen LogP contribution is -2.22. The van der Waals surface area contributed by atoms with Crippen molar-refractivity contribution < 1.29 is 14.2 Å². The summed E-state index contributed by atoms with van der Waals surface area (Å²) in [6.07, 6.45) is 0. The molecular weight excluding hydrogens is 203 g/mol. The summed E-state index contributed by atoms with van der Waals surface area (Å²) in [7, 11) is 0. The highest BCUT2D eigenvalue weighted by Crippen LogP contribution is 2.29. The highest BCUT2D eigenvalue weighted by Gasteiger charge is 2.13. The largest absolute Gasteiger partial charge is 0.488 e. The van der Waals surface area contributed by atoms with E-state index in [2.05, 4.69) is 17.6 Å². The van der Waals surface area contributed by atoms with E-state index in [4.69, 9.17) is 4.74 Å². The van der Waals surface area contributed by atoms with E-state index in [1.165, 1.54) is 6.07 Å². The fourth-order valence-electron chi connectivity index (χ4n) is 0.973. The van der Waals surface area contributed by atoms with E-state index >= 15 is 0 Å². The lowest BCUT2D eigenvalue weighted by Gasteiger charge is -2.21. The van der Waals surface area contributed by atoms with Gasteiger partial charge in [-0.15, -0.1) is 12.6 Å². The summed E-state index contributed by atoms with van der Waals surface area (Å²) in [5.74, 6) is 0.623. The van der Waals surface area contributed by atoms with Crippen molar-refractivity contribution >= 4 is 12.6 Å². The van der Waals surface area contributed by atoms with Crippen LogP contribution in [0.15, 0.2) is 23.1 Å². The van der Waals surface area contributed by atoms with Gasteiger partial charge in [0.1, 0.15) is 11.4 Å². The molecule has 0 saturated heterocycles. The molecule has 2 nitrogen and oxygen atoms in total. The summed E-state index contributed by atoms with van der Waals surface area (Å²) in [4.78, 5) is 4.08. The molecule has 0 fully saturated rings. The van der Waals surface area contributed by atoms with Gasteiger partial charge in [-0.25, -0.2) is 0 Å². The first-order valence-corrected chi connectivity index (χ1v) is 4.68. The summed E-state index contributed by atoms with van der Waals surface area (Å²) in [6, 6.07) is 4.81. The number of hydrogen-bond donors (Lipinski definition) is 1. The van der Waals surface area contributed by atoms with E-state index < -0.39 is 0 Å². The predicted octanol–water partition coefficient (Wildman–Crippen LogP) is 3.42. The summed E-state index contributed by atoms with van der Waals surface area (Å²) in [5.41, 5.74) is -0.314.